The molecule has 3 aromatic rings. The first-order chi connectivity index (χ1) is 13.0. The molecule has 0 bridgehead atoms. The van der Waals surface area contributed by atoms with Gasteiger partial charge in [0.25, 0.3) is 15.9 Å². The average Bonchev–Trinajstić information content (AvgIpc) is 3.20. The van der Waals surface area contributed by atoms with Crippen molar-refractivity contribution in [2.45, 2.75) is 17.0 Å². The van der Waals surface area contributed by atoms with Crippen LogP contribution in [0.25, 0.3) is 5.69 Å². The smallest absolute Gasteiger partial charge is 0.268 e. The summed E-state index contributed by atoms with van der Waals surface area (Å²) in [6, 6.07) is 14.0. The second kappa shape index (κ2) is 6.78. The topological polar surface area (TPSA) is 98.1 Å². The number of hydrogen-bond donors (Lipinski definition) is 0. The highest BCUT2D eigenvalue weighted by Crippen LogP contribution is 2.30. The van der Waals surface area contributed by atoms with Crippen LogP contribution in [0.2, 0.25) is 0 Å². The molecule has 138 valence electrons. The summed E-state index contributed by atoms with van der Waals surface area (Å²) in [4.78, 5) is 12.5. The third kappa shape index (κ3) is 3.10. The van der Waals surface area contributed by atoms with E-state index in [1.807, 2.05) is 31.2 Å². The highest BCUT2D eigenvalue weighted by molar-refractivity contribution is 7.99. The first-order valence-electron chi connectivity index (χ1n) is 8.13. The summed E-state index contributed by atoms with van der Waals surface area (Å²) in [5.74, 6) is -0.158. The Morgan fingerprint density at radius 3 is 2.56 bits per heavy atom. The van der Waals surface area contributed by atoms with Crippen molar-refractivity contribution in [1.82, 2.24) is 24.5 Å². The molecule has 2 aromatic carbocycles. The number of fused-ring (bicyclic) bond motifs is 1. The van der Waals surface area contributed by atoms with Gasteiger partial charge in [0.05, 0.1) is 11.3 Å². The van der Waals surface area contributed by atoms with Crippen molar-refractivity contribution in [2.75, 3.05) is 12.3 Å². The number of nitrogens with zero attached hydrogens (tertiary/aromatic N) is 5. The van der Waals surface area contributed by atoms with Crippen LogP contribution in [0.1, 0.15) is 15.9 Å². The minimum Gasteiger partial charge on any atom is -0.268 e. The molecule has 10 heteroatoms. The lowest BCUT2D eigenvalue weighted by Crippen LogP contribution is -2.32. The summed E-state index contributed by atoms with van der Waals surface area (Å²) in [5.41, 5.74) is 2.15. The van der Waals surface area contributed by atoms with Crippen LogP contribution in [0.4, 0.5) is 0 Å². The monoisotopic (exact) mass is 401 g/mol. The van der Waals surface area contributed by atoms with Crippen LogP contribution in [0, 0.1) is 6.92 Å². The lowest BCUT2D eigenvalue weighted by atomic mass is 10.2. The molecule has 0 aliphatic carbocycles. The lowest BCUT2D eigenvalue weighted by molar-refractivity contribution is 0.0876. The van der Waals surface area contributed by atoms with Crippen LogP contribution >= 0.6 is 11.8 Å². The molecule has 0 N–H and O–H groups in total. The number of benzene rings is 2. The molecular formula is C17H15N5O3S2. The van der Waals surface area contributed by atoms with Crippen LogP contribution in [0.15, 0.2) is 58.6 Å². The molecule has 1 aromatic heterocycles. The highest BCUT2D eigenvalue weighted by atomic mass is 32.2. The van der Waals surface area contributed by atoms with Crippen LogP contribution in [-0.4, -0.2) is 51.1 Å². The fourth-order valence-corrected chi connectivity index (χ4v) is 5.29. The van der Waals surface area contributed by atoms with Gasteiger partial charge in [-0.25, -0.2) is 12.7 Å². The van der Waals surface area contributed by atoms with Gasteiger partial charge in [-0.15, -0.1) is 5.10 Å². The van der Waals surface area contributed by atoms with Gasteiger partial charge in [-0.05, 0) is 41.6 Å². The first kappa shape index (κ1) is 17.7. The fourth-order valence-electron chi connectivity index (χ4n) is 2.79. The van der Waals surface area contributed by atoms with E-state index in [-0.39, 0.29) is 17.0 Å². The van der Waals surface area contributed by atoms with E-state index in [0.29, 0.717) is 10.9 Å². The predicted molar refractivity (Wildman–Crippen MR) is 99.3 cm³/mol. The Hall–Kier alpha value is -2.72. The van der Waals surface area contributed by atoms with Crippen LogP contribution in [0.3, 0.4) is 0 Å². The Bertz CT molecular complexity index is 1110. The Labute approximate surface area is 160 Å². The molecule has 0 saturated heterocycles. The van der Waals surface area contributed by atoms with Crippen molar-refractivity contribution < 1.29 is 13.2 Å². The van der Waals surface area contributed by atoms with Gasteiger partial charge in [0.1, 0.15) is 4.90 Å². The molecule has 0 unspecified atom stereocenters. The third-order valence-corrected chi connectivity index (χ3v) is 6.90. The predicted octanol–water partition coefficient (Wildman–Crippen LogP) is 1.91. The largest absolute Gasteiger partial charge is 0.269 e. The number of tetrazole rings is 1. The second-order valence-electron chi connectivity index (χ2n) is 5.94. The number of amides is 1. The van der Waals surface area contributed by atoms with E-state index < -0.39 is 15.9 Å². The van der Waals surface area contributed by atoms with Gasteiger partial charge in [0.2, 0.25) is 5.16 Å². The van der Waals surface area contributed by atoms with E-state index in [1.165, 1.54) is 23.9 Å². The first-order valence-corrected chi connectivity index (χ1v) is 10.6. The van der Waals surface area contributed by atoms with Crippen LogP contribution in [-0.2, 0) is 10.0 Å². The molecule has 1 aliphatic rings. The number of rotatable bonds is 5. The zero-order chi connectivity index (χ0) is 19.0. The van der Waals surface area contributed by atoms with Gasteiger partial charge in [0.15, 0.2) is 0 Å². The van der Waals surface area contributed by atoms with E-state index in [9.17, 15) is 13.2 Å². The van der Waals surface area contributed by atoms with Crippen molar-refractivity contribution in [3.63, 3.8) is 0 Å². The standard InChI is InChI=1S/C17H15N5O3S2/c1-12-6-8-13(9-7-12)22-17(18-19-20-22)26-11-10-21-16(23)14-4-2-3-5-15(14)27(21,24)25/h2-9H,10-11H2,1H3. The van der Waals surface area contributed by atoms with Crippen molar-refractivity contribution in [3.8, 4) is 5.69 Å². The summed E-state index contributed by atoms with van der Waals surface area (Å²) in [5, 5.41) is 12.2. The maximum Gasteiger partial charge on any atom is 0.269 e. The number of carbonyl (C=O) groups is 1. The molecule has 0 fully saturated rings. The SMILES string of the molecule is Cc1ccc(-n2nnnc2SCCN2C(=O)c3ccccc3S2(=O)=O)cc1. The average molecular weight is 401 g/mol. The molecule has 27 heavy (non-hydrogen) atoms. The summed E-state index contributed by atoms with van der Waals surface area (Å²) >= 11 is 1.29. The van der Waals surface area contributed by atoms with E-state index >= 15 is 0 Å². The van der Waals surface area contributed by atoms with E-state index in [0.717, 1.165) is 15.6 Å². The number of thioether (sulfide) groups is 1. The number of aryl methyl sites for hydroxylation is 1. The molecule has 4 rings (SSSR count). The van der Waals surface area contributed by atoms with Crippen molar-refractivity contribution in [3.05, 3.63) is 59.7 Å². The van der Waals surface area contributed by atoms with Crippen molar-refractivity contribution >= 4 is 27.7 Å². The minimum atomic E-state index is -3.79. The quantitative estimate of drug-likeness (QED) is 0.602. The molecule has 2 heterocycles. The van der Waals surface area contributed by atoms with Crippen LogP contribution in [0.5, 0.6) is 0 Å². The van der Waals surface area contributed by atoms with Gasteiger partial charge in [-0.2, -0.15) is 4.68 Å². The second-order valence-corrected chi connectivity index (χ2v) is 8.83. The molecule has 0 radical (unpaired) electrons. The van der Waals surface area contributed by atoms with E-state index in [1.54, 1.807) is 16.8 Å². The Morgan fingerprint density at radius 2 is 1.81 bits per heavy atom. The van der Waals surface area contributed by atoms with Gasteiger partial charge < -0.3 is 0 Å². The Balaban J connectivity index is 1.48. The summed E-state index contributed by atoms with van der Waals surface area (Å²) in [6.07, 6.45) is 0. The molecular weight excluding hydrogens is 386 g/mol. The molecule has 8 nitrogen and oxygen atoms in total. The Kier molecular flexibility index (Phi) is 4.44. The minimum absolute atomic E-state index is 0.0429. The summed E-state index contributed by atoms with van der Waals surface area (Å²) in [6.45, 7) is 2.03. The maximum absolute atomic E-state index is 12.6. The molecule has 1 aliphatic heterocycles. The van der Waals surface area contributed by atoms with Crippen molar-refractivity contribution in [1.29, 1.82) is 0 Å². The highest BCUT2D eigenvalue weighted by Gasteiger charge is 2.40. The summed E-state index contributed by atoms with van der Waals surface area (Å²) < 4.78 is 27.6. The number of sulfonamides is 1. The van der Waals surface area contributed by atoms with Gasteiger partial charge in [-0.3, -0.25) is 4.79 Å². The number of carbonyl (C=O) groups excluding carboxylic acids is 1. The fraction of sp³-hybridized carbons (Fsp3) is 0.176. The molecule has 0 atom stereocenters. The molecule has 0 spiro atoms. The van der Waals surface area contributed by atoms with E-state index in [2.05, 4.69) is 15.5 Å². The van der Waals surface area contributed by atoms with Crippen LogP contribution < -0.4 is 0 Å². The van der Waals surface area contributed by atoms with Gasteiger partial charge in [-0.1, -0.05) is 41.6 Å². The normalized spacial score (nSPS) is 15.1. The van der Waals surface area contributed by atoms with Gasteiger partial charge in [0, 0.05) is 12.3 Å². The van der Waals surface area contributed by atoms with Gasteiger partial charge >= 0.3 is 0 Å². The molecule has 1 amide bonds. The lowest BCUT2D eigenvalue weighted by Gasteiger charge is -2.14. The van der Waals surface area contributed by atoms with E-state index in [4.69, 9.17) is 0 Å². The molecule has 0 saturated carbocycles. The number of hydrogen-bond acceptors (Lipinski definition) is 7. The zero-order valence-corrected chi connectivity index (χ0v) is 15.9. The third-order valence-electron chi connectivity index (χ3n) is 4.16. The maximum atomic E-state index is 12.6. The Morgan fingerprint density at radius 1 is 1.07 bits per heavy atom. The summed E-state index contributed by atoms with van der Waals surface area (Å²) in [7, 11) is -3.79. The number of aromatic nitrogens is 4. The van der Waals surface area contributed by atoms with Crippen molar-refractivity contribution in [2.24, 2.45) is 0 Å². The zero-order valence-electron chi connectivity index (χ0n) is 14.3.